The Morgan fingerprint density at radius 3 is 2.68 bits per heavy atom. The lowest BCUT2D eigenvalue weighted by Gasteiger charge is -2.34. The summed E-state index contributed by atoms with van der Waals surface area (Å²) in [5, 5.41) is 10.4. The number of amides is 2. The summed E-state index contributed by atoms with van der Waals surface area (Å²) in [5.41, 5.74) is 8.88. The predicted molar refractivity (Wildman–Crippen MR) is 127 cm³/mol. The van der Waals surface area contributed by atoms with Gasteiger partial charge in [-0.2, -0.15) is 5.10 Å². The van der Waals surface area contributed by atoms with Crippen molar-refractivity contribution in [1.29, 1.82) is 0 Å². The first kappa shape index (κ1) is 21.5. The van der Waals surface area contributed by atoms with E-state index in [0.29, 0.717) is 35.0 Å². The van der Waals surface area contributed by atoms with Gasteiger partial charge in [0.05, 0.1) is 6.04 Å². The number of carbonyl (C=O) groups excluding carboxylic acids is 2. The minimum atomic E-state index is -0.289. The Labute approximate surface area is 195 Å². The van der Waals surface area contributed by atoms with E-state index < -0.39 is 0 Å². The number of rotatable bonds is 4. The quantitative estimate of drug-likeness (QED) is 0.482. The topological polar surface area (TPSA) is 131 Å². The number of anilines is 2. The number of nitrogens with zero attached hydrogens (tertiary/aromatic N) is 6. The number of hydrogen-bond acceptors (Lipinski definition) is 7. The molecule has 1 aliphatic rings. The Morgan fingerprint density at radius 2 is 1.94 bits per heavy atom. The molecule has 172 valence electrons. The molecule has 1 saturated heterocycles. The summed E-state index contributed by atoms with van der Waals surface area (Å²) in [4.78, 5) is 36.0. The highest BCUT2D eigenvalue weighted by Gasteiger charge is 2.31. The van der Waals surface area contributed by atoms with E-state index in [0.717, 1.165) is 30.7 Å². The summed E-state index contributed by atoms with van der Waals surface area (Å²) >= 11 is 0. The smallest absolute Gasteiger partial charge is 0.256 e. The van der Waals surface area contributed by atoms with E-state index in [9.17, 15) is 9.59 Å². The largest absolute Gasteiger partial charge is 0.382 e. The lowest BCUT2D eigenvalue weighted by atomic mass is 10.0. The molecule has 1 aliphatic heterocycles. The van der Waals surface area contributed by atoms with Crippen LogP contribution in [0, 0.1) is 0 Å². The minimum Gasteiger partial charge on any atom is -0.382 e. The lowest BCUT2D eigenvalue weighted by Crippen LogP contribution is -2.37. The van der Waals surface area contributed by atoms with E-state index in [4.69, 9.17) is 10.7 Å². The van der Waals surface area contributed by atoms with Crippen LogP contribution in [0.25, 0.3) is 16.8 Å². The van der Waals surface area contributed by atoms with E-state index in [-0.39, 0.29) is 17.9 Å². The monoisotopic (exact) mass is 456 g/mol. The maximum atomic E-state index is 12.6. The van der Waals surface area contributed by atoms with E-state index in [2.05, 4.69) is 20.5 Å². The van der Waals surface area contributed by atoms with Crippen LogP contribution in [0.3, 0.4) is 0 Å². The number of aromatic nitrogens is 5. The van der Waals surface area contributed by atoms with Crippen molar-refractivity contribution in [3.8, 4) is 11.3 Å². The maximum absolute atomic E-state index is 12.6. The molecule has 0 bridgehead atoms. The summed E-state index contributed by atoms with van der Waals surface area (Å²) in [7, 11) is 0. The van der Waals surface area contributed by atoms with Crippen LogP contribution < -0.4 is 11.1 Å². The van der Waals surface area contributed by atoms with Crippen molar-refractivity contribution >= 4 is 29.0 Å². The molecule has 0 radical (unpaired) electrons. The van der Waals surface area contributed by atoms with Crippen LogP contribution in [0.4, 0.5) is 11.6 Å². The Bertz CT molecular complexity index is 1350. The number of carbonyl (C=O) groups is 2. The van der Waals surface area contributed by atoms with Crippen LogP contribution >= 0.6 is 0 Å². The van der Waals surface area contributed by atoms with Gasteiger partial charge < -0.3 is 16.0 Å². The van der Waals surface area contributed by atoms with Gasteiger partial charge in [0.15, 0.2) is 5.82 Å². The van der Waals surface area contributed by atoms with Gasteiger partial charge in [-0.15, -0.1) is 5.10 Å². The first-order valence-electron chi connectivity index (χ1n) is 11.1. The van der Waals surface area contributed by atoms with Gasteiger partial charge >= 0.3 is 0 Å². The average molecular weight is 457 g/mol. The third-order valence-electron chi connectivity index (χ3n) is 6.05. The van der Waals surface area contributed by atoms with Crippen LogP contribution in [0.5, 0.6) is 0 Å². The van der Waals surface area contributed by atoms with Crippen molar-refractivity contribution in [1.82, 2.24) is 29.5 Å². The van der Waals surface area contributed by atoms with Crippen molar-refractivity contribution in [3.05, 3.63) is 66.4 Å². The number of benzene rings is 1. The normalized spacial score (nSPS) is 15.9. The molecular formula is C24H24N8O2. The van der Waals surface area contributed by atoms with Crippen LogP contribution in [0.2, 0.25) is 0 Å². The van der Waals surface area contributed by atoms with Crippen LogP contribution in [0.15, 0.2) is 55.0 Å². The number of piperidine rings is 1. The molecule has 34 heavy (non-hydrogen) atoms. The highest BCUT2D eigenvalue weighted by Crippen LogP contribution is 2.35. The van der Waals surface area contributed by atoms with Gasteiger partial charge in [-0.25, -0.2) is 9.97 Å². The third-order valence-corrected chi connectivity index (χ3v) is 6.05. The second-order valence-electron chi connectivity index (χ2n) is 8.21. The van der Waals surface area contributed by atoms with Gasteiger partial charge in [0.2, 0.25) is 5.91 Å². The highest BCUT2D eigenvalue weighted by atomic mass is 16.2. The number of likely N-dealkylation sites (tertiary alicyclic amines) is 1. The number of imidazole rings is 1. The molecule has 1 fully saturated rings. The molecule has 1 aromatic carbocycles. The van der Waals surface area contributed by atoms with E-state index in [1.165, 1.54) is 6.20 Å². The zero-order valence-electron chi connectivity index (χ0n) is 18.7. The van der Waals surface area contributed by atoms with Gasteiger partial charge in [0.25, 0.3) is 5.91 Å². The maximum Gasteiger partial charge on any atom is 0.256 e. The van der Waals surface area contributed by atoms with E-state index >= 15 is 0 Å². The van der Waals surface area contributed by atoms with Crippen LogP contribution in [-0.4, -0.2) is 47.8 Å². The number of nitrogen functional groups attached to an aromatic ring is 1. The number of nitrogens with one attached hydrogen (secondary N) is 1. The third kappa shape index (κ3) is 3.94. The van der Waals surface area contributed by atoms with Gasteiger partial charge in [-0.1, -0.05) is 12.1 Å². The van der Waals surface area contributed by atoms with Crippen molar-refractivity contribution in [3.63, 3.8) is 0 Å². The SMILES string of the molecule is CC(=O)N1CCCC[C@H]1c1nc(-c2ccc(C(=O)Nc3cccnn3)cc2)c2c(N)nccn12. The molecule has 0 saturated carbocycles. The van der Waals surface area contributed by atoms with Crippen molar-refractivity contribution in [2.75, 3.05) is 17.6 Å². The first-order chi connectivity index (χ1) is 16.5. The Kier molecular flexibility index (Phi) is 5.62. The summed E-state index contributed by atoms with van der Waals surface area (Å²) in [6, 6.07) is 10.3. The fraction of sp³-hybridized carbons (Fsp3) is 0.250. The lowest BCUT2D eigenvalue weighted by molar-refractivity contribution is -0.132. The molecule has 0 spiro atoms. The standard InChI is InChI=1S/C24H24N8O2/c1-15(33)31-13-3-2-5-18(31)23-29-20(21-22(25)26-12-14-32(21)23)16-7-9-17(10-8-16)24(34)28-19-6-4-11-27-30-19/h4,6-12,14,18H,2-3,5,13H2,1H3,(H2,25,26)(H,28,30,34)/t18-/m0/s1. The second-order valence-corrected chi connectivity index (χ2v) is 8.21. The first-order valence-corrected chi connectivity index (χ1v) is 11.1. The molecule has 2 amide bonds. The molecule has 3 aromatic heterocycles. The summed E-state index contributed by atoms with van der Waals surface area (Å²) in [6.07, 6.45) is 7.84. The minimum absolute atomic E-state index is 0.0310. The van der Waals surface area contributed by atoms with Crippen molar-refractivity contribution < 1.29 is 9.59 Å². The zero-order valence-corrected chi connectivity index (χ0v) is 18.7. The number of hydrogen-bond donors (Lipinski definition) is 2. The van der Waals surface area contributed by atoms with Crippen molar-refractivity contribution in [2.45, 2.75) is 32.2 Å². The molecule has 0 aliphatic carbocycles. The average Bonchev–Trinajstić information content (AvgIpc) is 3.25. The molecule has 10 heteroatoms. The fourth-order valence-corrected chi connectivity index (χ4v) is 4.44. The van der Waals surface area contributed by atoms with Gasteiger partial charge in [-0.3, -0.25) is 14.0 Å². The molecule has 3 N–H and O–H groups in total. The van der Waals surface area contributed by atoms with Crippen LogP contribution in [-0.2, 0) is 4.79 Å². The molecule has 0 unspecified atom stereocenters. The summed E-state index contributed by atoms with van der Waals surface area (Å²) < 4.78 is 1.93. The summed E-state index contributed by atoms with van der Waals surface area (Å²) in [5.74, 6) is 1.23. The second kappa shape index (κ2) is 8.89. The summed E-state index contributed by atoms with van der Waals surface area (Å²) in [6.45, 7) is 2.30. The van der Waals surface area contributed by atoms with Crippen molar-refractivity contribution in [2.24, 2.45) is 0 Å². The van der Waals surface area contributed by atoms with E-state index in [1.54, 1.807) is 37.4 Å². The molecular weight excluding hydrogens is 432 g/mol. The molecule has 10 nitrogen and oxygen atoms in total. The molecule has 1 atom stereocenters. The zero-order chi connectivity index (χ0) is 23.7. The van der Waals surface area contributed by atoms with Crippen LogP contribution in [0.1, 0.15) is 48.4 Å². The van der Waals surface area contributed by atoms with Gasteiger partial charge in [0.1, 0.15) is 22.9 Å². The fourth-order valence-electron chi connectivity index (χ4n) is 4.44. The Balaban J connectivity index is 1.51. The van der Waals surface area contributed by atoms with Gasteiger partial charge in [-0.05, 0) is 43.5 Å². The molecule has 4 heterocycles. The molecule has 4 aromatic rings. The van der Waals surface area contributed by atoms with Gasteiger partial charge in [0, 0.05) is 43.2 Å². The number of fused-ring (bicyclic) bond motifs is 1. The predicted octanol–water partition coefficient (Wildman–Crippen LogP) is 3.09. The highest BCUT2D eigenvalue weighted by molar-refractivity contribution is 6.04. The number of nitrogens with two attached hydrogens (primary N) is 1. The molecule has 5 rings (SSSR count). The Hall–Kier alpha value is -4.34. The van der Waals surface area contributed by atoms with E-state index in [1.807, 2.05) is 27.6 Å². The Morgan fingerprint density at radius 1 is 1.12 bits per heavy atom.